The van der Waals surface area contributed by atoms with Crippen LogP contribution in [0.5, 0.6) is 11.5 Å². The van der Waals surface area contributed by atoms with Gasteiger partial charge in [-0.05, 0) is 99.1 Å². The molecule has 8 rings (SSSR count). The van der Waals surface area contributed by atoms with Gasteiger partial charge in [0.25, 0.3) is 0 Å². The Morgan fingerprint density at radius 1 is 0.556 bits per heavy atom. The van der Waals surface area contributed by atoms with Crippen molar-refractivity contribution in [2.75, 3.05) is 125 Å². The largest absolute Gasteiger partial charge is 0.494 e. The Kier molecular flexibility index (Phi) is 19.1. The summed E-state index contributed by atoms with van der Waals surface area (Å²) < 4.78 is 17.9. The fraction of sp³-hybridized carbons (Fsp3) is 0.481. The first-order valence-electron chi connectivity index (χ1n) is 25.3. The van der Waals surface area contributed by atoms with Crippen LogP contribution in [0.15, 0.2) is 72.8 Å². The van der Waals surface area contributed by atoms with Gasteiger partial charge in [0.2, 0.25) is 17.7 Å². The summed E-state index contributed by atoms with van der Waals surface area (Å²) in [5.74, 6) is 0.447. The van der Waals surface area contributed by atoms with Gasteiger partial charge in [-0.3, -0.25) is 33.9 Å². The summed E-state index contributed by atoms with van der Waals surface area (Å²) in [6, 6.07) is 23.1. The van der Waals surface area contributed by atoms with E-state index >= 15 is 0 Å². The number of hydrogen-bond acceptors (Lipinski definition) is 11. The molecule has 4 aromatic rings. The lowest BCUT2D eigenvalue weighted by atomic mass is 10.0. The molecule has 2 saturated heterocycles. The van der Waals surface area contributed by atoms with Gasteiger partial charge in [-0.25, -0.2) is 0 Å². The third-order valence-electron chi connectivity index (χ3n) is 14.1. The number of rotatable bonds is 22. The first kappa shape index (κ1) is 53.3. The van der Waals surface area contributed by atoms with Gasteiger partial charge < -0.3 is 33.8 Å². The Bertz CT molecular complexity index is 2540. The smallest absolute Gasteiger partial charge is 0.309 e. The lowest BCUT2D eigenvalue weighted by molar-refractivity contribution is -0.144. The molecule has 0 atom stereocenters. The number of anilines is 4. The zero-order valence-corrected chi connectivity index (χ0v) is 44.1. The molecule has 14 nitrogen and oxygen atoms in total. The molecule has 0 radical (unpaired) electrons. The highest BCUT2D eigenvalue weighted by molar-refractivity contribution is 6.44. The van der Waals surface area contributed by atoms with Crippen molar-refractivity contribution in [1.82, 2.24) is 14.7 Å². The van der Waals surface area contributed by atoms with E-state index in [1.165, 1.54) is 9.80 Å². The molecule has 4 aliphatic rings. The summed E-state index contributed by atoms with van der Waals surface area (Å²) in [4.78, 5) is 66.7. The molecule has 3 amide bonds. The lowest BCUT2D eigenvalue weighted by Crippen LogP contribution is -2.46. The quantitative estimate of drug-likeness (QED) is 0.0554. The van der Waals surface area contributed by atoms with Crippen molar-refractivity contribution in [2.45, 2.75) is 64.2 Å². The van der Waals surface area contributed by atoms with Crippen LogP contribution in [0.3, 0.4) is 0 Å². The van der Waals surface area contributed by atoms with Crippen LogP contribution in [0.2, 0.25) is 20.1 Å². The molecule has 0 aromatic heterocycles. The Labute approximate surface area is 443 Å². The number of piperazine rings is 2. The van der Waals surface area contributed by atoms with Crippen molar-refractivity contribution in [3.05, 3.63) is 104 Å². The Balaban J connectivity index is 0.715. The summed E-state index contributed by atoms with van der Waals surface area (Å²) >= 11 is 25.4. The highest BCUT2D eigenvalue weighted by Gasteiger charge is 2.28. The van der Waals surface area contributed by atoms with E-state index in [-0.39, 0.29) is 50.4 Å². The van der Waals surface area contributed by atoms with Gasteiger partial charge in [0.05, 0.1) is 62.5 Å². The number of carbonyl (C=O) groups is 4. The van der Waals surface area contributed by atoms with Crippen LogP contribution in [-0.4, -0.2) is 144 Å². The fourth-order valence-corrected chi connectivity index (χ4v) is 10.6. The Hall–Kier alpha value is -4.96. The zero-order valence-electron chi connectivity index (χ0n) is 41.1. The van der Waals surface area contributed by atoms with E-state index in [0.29, 0.717) is 76.2 Å². The summed E-state index contributed by atoms with van der Waals surface area (Å²) in [6.07, 6.45) is 5.69. The van der Waals surface area contributed by atoms with Gasteiger partial charge in [-0.2, -0.15) is 0 Å². The van der Waals surface area contributed by atoms with E-state index in [4.69, 9.17) is 60.6 Å². The standard InChI is InChI=1S/C54H65Cl4N7O7/c1-59(49(66)20-25-64-47-36-41(16-12-39(47)14-18-50(64)67)70-34-4-2-22-60-26-30-62(31-27-60)45-10-6-8-43(55)53(45)57)24-21-52(69)72-38-65-48-37-42(17-13-40(48)15-19-51(65)68)71-35-5-3-23-61-28-32-63(33-29-61)46-11-7-9-44(56)54(46)58/h6-13,16-17,36-37H,2-5,14-15,18-35,38H2,1H3. The number of carbonyl (C=O) groups excluding carboxylic acids is 4. The molecule has 4 aromatic carbocycles. The SMILES string of the molecule is CN(CCC(=O)OCN1C(=O)CCc2ccc(OCCCCN3CCN(c4cccc(Cl)c4Cl)CC3)cc21)C(=O)CCN1C(=O)CCc2ccc(OCCCCN3CCN(c4cccc(Cl)c4Cl)CC3)cc21. The van der Waals surface area contributed by atoms with Gasteiger partial charge in [0.1, 0.15) is 11.5 Å². The number of esters is 1. The molecule has 0 unspecified atom stereocenters. The average molecular weight is 1070 g/mol. The molecule has 18 heteroatoms. The topological polar surface area (TPSA) is 119 Å². The predicted octanol–water partition coefficient (Wildman–Crippen LogP) is 9.26. The van der Waals surface area contributed by atoms with Crippen molar-refractivity contribution in [3.8, 4) is 11.5 Å². The number of benzene rings is 4. The van der Waals surface area contributed by atoms with Crippen LogP contribution in [0, 0.1) is 0 Å². The molecule has 72 heavy (non-hydrogen) atoms. The van der Waals surface area contributed by atoms with Crippen molar-refractivity contribution in [2.24, 2.45) is 0 Å². The molecule has 4 aliphatic heterocycles. The molecule has 0 aliphatic carbocycles. The van der Waals surface area contributed by atoms with E-state index in [1.807, 2.05) is 66.7 Å². The minimum Gasteiger partial charge on any atom is -0.494 e. The molecule has 0 N–H and O–H groups in total. The van der Waals surface area contributed by atoms with Gasteiger partial charge in [0, 0.05) is 104 Å². The maximum Gasteiger partial charge on any atom is 0.309 e. The first-order chi connectivity index (χ1) is 34.9. The highest BCUT2D eigenvalue weighted by atomic mass is 35.5. The van der Waals surface area contributed by atoms with Crippen molar-refractivity contribution < 1.29 is 33.4 Å². The molecule has 4 heterocycles. The van der Waals surface area contributed by atoms with Crippen molar-refractivity contribution in [1.29, 1.82) is 0 Å². The fourth-order valence-electron chi connectivity index (χ4n) is 9.74. The third kappa shape index (κ3) is 14.0. The maximum atomic E-state index is 13.3. The van der Waals surface area contributed by atoms with Gasteiger partial charge in [-0.15, -0.1) is 0 Å². The van der Waals surface area contributed by atoms with Crippen molar-refractivity contribution in [3.63, 3.8) is 0 Å². The number of unbranched alkanes of at least 4 members (excludes halogenated alkanes) is 2. The minimum absolute atomic E-state index is 0.0391. The summed E-state index contributed by atoms with van der Waals surface area (Å²) in [6.45, 7) is 10.5. The highest BCUT2D eigenvalue weighted by Crippen LogP contribution is 2.36. The molecule has 0 spiro atoms. The Morgan fingerprint density at radius 2 is 1.04 bits per heavy atom. The number of ether oxygens (including phenoxy) is 3. The third-order valence-corrected chi connectivity index (χ3v) is 15.7. The second-order valence-corrected chi connectivity index (χ2v) is 20.4. The van der Waals surface area contributed by atoms with E-state index in [2.05, 4.69) is 19.6 Å². The molecule has 0 saturated carbocycles. The van der Waals surface area contributed by atoms with E-state index in [1.54, 1.807) is 18.0 Å². The lowest BCUT2D eigenvalue weighted by Gasteiger charge is -2.36. The molecular formula is C54H65Cl4N7O7. The van der Waals surface area contributed by atoms with E-state index in [0.717, 1.165) is 119 Å². The minimum atomic E-state index is -0.525. The number of aryl methyl sites for hydroxylation is 2. The Morgan fingerprint density at radius 3 is 1.56 bits per heavy atom. The van der Waals surface area contributed by atoms with Crippen molar-refractivity contribution >= 4 is 92.8 Å². The number of amides is 3. The van der Waals surface area contributed by atoms with Gasteiger partial charge in [-0.1, -0.05) is 70.7 Å². The average Bonchev–Trinajstić information content (AvgIpc) is 3.39. The second-order valence-electron chi connectivity index (χ2n) is 18.8. The van der Waals surface area contributed by atoms with E-state index in [9.17, 15) is 19.2 Å². The monoisotopic (exact) mass is 1060 g/mol. The second kappa shape index (κ2) is 25.8. The number of halogens is 4. The van der Waals surface area contributed by atoms with Gasteiger partial charge >= 0.3 is 5.97 Å². The summed E-state index contributed by atoms with van der Waals surface area (Å²) in [5, 5.41) is 2.35. The van der Waals surface area contributed by atoms with Gasteiger partial charge in [0.15, 0.2) is 6.73 Å². The molecule has 0 bridgehead atoms. The molecular weight excluding hydrogens is 1000 g/mol. The van der Waals surface area contributed by atoms with Crippen LogP contribution in [0.4, 0.5) is 22.7 Å². The maximum absolute atomic E-state index is 13.3. The predicted molar refractivity (Wildman–Crippen MR) is 287 cm³/mol. The summed E-state index contributed by atoms with van der Waals surface area (Å²) in [7, 11) is 1.64. The van der Waals surface area contributed by atoms with Crippen LogP contribution in [-0.2, 0) is 36.8 Å². The normalized spacial score (nSPS) is 16.4. The number of fused-ring (bicyclic) bond motifs is 2. The first-order valence-corrected chi connectivity index (χ1v) is 26.8. The number of nitrogens with zero attached hydrogens (tertiary/aromatic N) is 7. The zero-order chi connectivity index (χ0) is 50.6. The van der Waals surface area contributed by atoms with Crippen LogP contribution in [0.1, 0.15) is 62.5 Å². The van der Waals surface area contributed by atoms with Crippen LogP contribution >= 0.6 is 46.4 Å². The number of hydrogen-bond donors (Lipinski definition) is 0. The molecule has 2 fully saturated rings. The van der Waals surface area contributed by atoms with Crippen LogP contribution in [0.25, 0.3) is 0 Å². The molecule has 386 valence electrons. The summed E-state index contributed by atoms with van der Waals surface area (Å²) in [5.41, 5.74) is 5.43. The van der Waals surface area contributed by atoms with E-state index < -0.39 is 5.97 Å². The van der Waals surface area contributed by atoms with Crippen LogP contribution < -0.4 is 29.1 Å².